The van der Waals surface area contributed by atoms with Crippen LogP contribution in [-0.4, -0.2) is 26.3 Å². The number of piperidine rings is 1. The van der Waals surface area contributed by atoms with Gasteiger partial charge in [-0.25, -0.2) is 4.39 Å². The molecule has 2 heterocycles. The largest absolute Gasteiger partial charge is 0.493 e. The fourth-order valence-electron chi connectivity index (χ4n) is 2.67. The summed E-state index contributed by atoms with van der Waals surface area (Å²) in [6.45, 7) is -7.50. The van der Waals surface area contributed by atoms with Crippen molar-refractivity contribution in [2.45, 2.75) is 12.3 Å². The van der Waals surface area contributed by atoms with Gasteiger partial charge in [-0.05, 0) is 48.7 Å². The molecule has 1 saturated heterocycles. The number of hydrogen-bond acceptors (Lipinski definition) is 4. The number of halogens is 1. The van der Waals surface area contributed by atoms with E-state index in [4.69, 9.17) is 23.8 Å². The maximum absolute atomic E-state index is 13.4. The number of ether oxygens (including phenoxy) is 3. The number of nitrogens with one attached hydrogen (secondary N) is 1. The SMILES string of the molecule is [2H]C1([2H])Oc2ccc(OC([2H])([2H])C3([2H])[C@H](c4ccc(F)cc4)CCNC3([2H])[2H])cc2O1. The Morgan fingerprint density at radius 2 is 2.08 bits per heavy atom. The van der Waals surface area contributed by atoms with E-state index in [1.165, 1.54) is 42.5 Å². The molecule has 126 valence electrons. The number of hydrogen-bond donors (Lipinski definition) is 1. The van der Waals surface area contributed by atoms with Crippen LogP contribution in [0.5, 0.6) is 17.2 Å². The minimum atomic E-state index is -2.85. The van der Waals surface area contributed by atoms with Gasteiger partial charge in [0.1, 0.15) is 14.3 Å². The maximum Gasteiger partial charge on any atom is 0.231 e. The third-order valence-electron chi connectivity index (χ3n) is 3.90. The van der Waals surface area contributed by atoms with Crippen LogP contribution in [0.15, 0.2) is 42.5 Å². The van der Waals surface area contributed by atoms with Gasteiger partial charge in [0, 0.05) is 22.6 Å². The Hall–Kier alpha value is -2.27. The first-order chi connectivity index (χ1) is 14.3. The van der Waals surface area contributed by atoms with E-state index >= 15 is 0 Å². The molecule has 0 radical (unpaired) electrons. The predicted octanol–water partition coefficient (Wildman–Crippen LogP) is 3.33. The third-order valence-corrected chi connectivity index (χ3v) is 3.90. The summed E-state index contributed by atoms with van der Waals surface area (Å²) < 4.78 is 86.7. The number of rotatable bonds is 4. The highest BCUT2D eigenvalue weighted by atomic mass is 19.1. The van der Waals surface area contributed by atoms with Crippen molar-refractivity contribution in [2.75, 3.05) is 26.3 Å². The predicted molar refractivity (Wildman–Crippen MR) is 88.2 cm³/mol. The van der Waals surface area contributed by atoms with Crippen LogP contribution in [0.1, 0.15) is 27.5 Å². The molecule has 1 fully saturated rings. The molecule has 2 atom stereocenters. The first-order valence-corrected chi connectivity index (χ1v) is 7.56. The Bertz CT molecular complexity index is 989. The summed E-state index contributed by atoms with van der Waals surface area (Å²) in [4.78, 5) is 0. The fraction of sp³-hybridized carbons (Fsp3) is 0.368. The highest BCUT2D eigenvalue weighted by Gasteiger charge is 2.27. The van der Waals surface area contributed by atoms with Crippen LogP contribution in [0.2, 0.25) is 0 Å². The monoisotopic (exact) mass is 336 g/mol. The van der Waals surface area contributed by atoms with Gasteiger partial charge in [0.05, 0.1) is 9.30 Å². The van der Waals surface area contributed by atoms with Gasteiger partial charge in [-0.15, -0.1) is 0 Å². The fourth-order valence-corrected chi connectivity index (χ4v) is 2.67. The average Bonchev–Trinajstić information content (AvgIpc) is 2.97. The molecule has 2 aliphatic heterocycles. The van der Waals surface area contributed by atoms with Crippen molar-refractivity contribution in [1.82, 2.24) is 5.32 Å². The molecule has 0 spiro atoms. The van der Waals surface area contributed by atoms with Gasteiger partial charge in [-0.1, -0.05) is 12.1 Å². The van der Waals surface area contributed by atoms with Crippen molar-refractivity contribution in [2.24, 2.45) is 5.89 Å². The summed E-state index contributed by atoms with van der Waals surface area (Å²) in [5.74, 6) is -3.87. The van der Waals surface area contributed by atoms with E-state index in [-0.39, 0.29) is 30.2 Å². The van der Waals surface area contributed by atoms with E-state index < -0.39 is 37.4 Å². The van der Waals surface area contributed by atoms with Gasteiger partial charge >= 0.3 is 0 Å². The molecule has 0 aromatic heterocycles. The molecule has 1 N–H and O–H groups in total. The molecule has 0 bridgehead atoms. The minimum absolute atomic E-state index is 0.00260. The Kier molecular flexibility index (Phi) is 2.59. The van der Waals surface area contributed by atoms with Crippen LogP contribution in [0.3, 0.4) is 0 Å². The highest BCUT2D eigenvalue weighted by molar-refractivity contribution is 5.46. The molecular weight excluding hydrogens is 309 g/mol. The Morgan fingerprint density at radius 3 is 2.96 bits per heavy atom. The van der Waals surface area contributed by atoms with E-state index in [1.807, 2.05) is 0 Å². The lowest BCUT2D eigenvalue weighted by Gasteiger charge is -2.32. The van der Waals surface area contributed by atoms with Crippen LogP contribution >= 0.6 is 0 Å². The molecule has 4 rings (SSSR count). The van der Waals surface area contributed by atoms with Crippen molar-refractivity contribution in [1.29, 1.82) is 0 Å². The lowest BCUT2D eigenvalue weighted by atomic mass is 9.81. The Balaban J connectivity index is 1.70. The van der Waals surface area contributed by atoms with Gasteiger partial charge in [-0.2, -0.15) is 0 Å². The number of benzene rings is 2. The molecular formula is C19H20FNO3. The van der Waals surface area contributed by atoms with Crippen molar-refractivity contribution in [3.8, 4) is 17.2 Å². The van der Waals surface area contributed by atoms with E-state index in [1.54, 1.807) is 0 Å². The zero-order valence-corrected chi connectivity index (χ0v) is 12.6. The second-order valence-corrected chi connectivity index (χ2v) is 5.46. The van der Waals surface area contributed by atoms with E-state index in [0.29, 0.717) is 5.56 Å². The standard InChI is InChI=1S/C19H20FNO3/c20-15-3-1-13(2-4-15)17-7-8-21-10-14(17)11-22-16-5-6-18-19(9-16)24-12-23-18/h1-6,9,14,17,21H,7-8,10-12H2/t14?,17-/m0/s1/i10D2,11D2,12D2,14D. The zero-order chi connectivity index (χ0) is 22.7. The second-order valence-electron chi connectivity index (χ2n) is 5.46. The van der Waals surface area contributed by atoms with Crippen LogP contribution in [0.25, 0.3) is 0 Å². The van der Waals surface area contributed by atoms with E-state index in [0.717, 1.165) is 0 Å². The molecule has 0 amide bonds. The summed E-state index contributed by atoms with van der Waals surface area (Å²) in [6.07, 6.45) is 0.235. The molecule has 0 saturated carbocycles. The molecule has 5 heteroatoms. The molecule has 2 aliphatic rings. The molecule has 1 unspecified atom stereocenters. The minimum Gasteiger partial charge on any atom is -0.493 e. The highest BCUT2D eigenvalue weighted by Crippen LogP contribution is 2.36. The molecule has 2 aromatic carbocycles. The van der Waals surface area contributed by atoms with Crippen LogP contribution < -0.4 is 19.5 Å². The maximum atomic E-state index is 13.4. The van der Waals surface area contributed by atoms with Gasteiger partial charge in [0.25, 0.3) is 0 Å². The van der Waals surface area contributed by atoms with E-state index in [9.17, 15) is 4.39 Å². The van der Waals surface area contributed by atoms with Crippen LogP contribution in [0.4, 0.5) is 4.39 Å². The molecule has 2 aromatic rings. The first-order valence-electron chi connectivity index (χ1n) is 11.1. The smallest absolute Gasteiger partial charge is 0.231 e. The zero-order valence-electron chi connectivity index (χ0n) is 19.6. The lowest BCUT2D eigenvalue weighted by molar-refractivity contribution is 0.173. The first kappa shape index (κ1) is 9.28. The average molecular weight is 336 g/mol. The van der Waals surface area contributed by atoms with E-state index in [2.05, 4.69) is 5.32 Å². The Labute approximate surface area is 150 Å². The van der Waals surface area contributed by atoms with Gasteiger partial charge < -0.3 is 19.5 Å². The topological polar surface area (TPSA) is 39.7 Å². The molecule has 4 nitrogen and oxygen atoms in total. The quantitative estimate of drug-likeness (QED) is 0.930. The molecule has 24 heavy (non-hydrogen) atoms. The van der Waals surface area contributed by atoms with Crippen molar-refractivity contribution in [3.05, 3.63) is 53.8 Å². The Morgan fingerprint density at radius 1 is 1.25 bits per heavy atom. The van der Waals surface area contributed by atoms with Crippen molar-refractivity contribution in [3.63, 3.8) is 0 Å². The summed E-state index contributed by atoms with van der Waals surface area (Å²) in [5, 5.41) is 2.56. The normalized spacial score (nSPS) is 34.5. The van der Waals surface area contributed by atoms with Gasteiger partial charge in [0.2, 0.25) is 6.75 Å². The summed E-state index contributed by atoms with van der Waals surface area (Å²) in [6, 6.07) is 9.11. The van der Waals surface area contributed by atoms with Crippen LogP contribution in [0, 0.1) is 11.7 Å². The number of fused-ring (bicyclic) bond motifs is 1. The van der Waals surface area contributed by atoms with Gasteiger partial charge in [-0.3, -0.25) is 0 Å². The summed E-state index contributed by atoms with van der Waals surface area (Å²) in [5.41, 5.74) is 0.424. The van der Waals surface area contributed by atoms with Gasteiger partial charge in [0.15, 0.2) is 11.5 Å². The van der Waals surface area contributed by atoms with Crippen molar-refractivity contribution < 1.29 is 28.2 Å². The summed E-state index contributed by atoms with van der Waals surface area (Å²) in [7, 11) is 0. The molecule has 0 aliphatic carbocycles. The lowest BCUT2D eigenvalue weighted by Crippen LogP contribution is -2.38. The third kappa shape index (κ3) is 3.17. The second kappa shape index (κ2) is 6.69. The summed E-state index contributed by atoms with van der Waals surface area (Å²) >= 11 is 0. The van der Waals surface area contributed by atoms with Crippen molar-refractivity contribution >= 4 is 0 Å². The van der Waals surface area contributed by atoms with Crippen LogP contribution in [-0.2, 0) is 0 Å².